The second kappa shape index (κ2) is 4.71. The number of rotatable bonds is 2. The summed E-state index contributed by atoms with van der Waals surface area (Å²) in [5, 5.41) is 0. The monoisotopic (exact) mass is 299 g/mol. The minimum atomic E-state index is -0.838. The molecule has 0 saturated heterocycles. The Morgan fingerprint density at radius 3 is 2.59 bits per heavy atom. The molecule has 2 aromatic carbocycles. The summed E-state index contributed by atoms with van der Waals surface area (Å²) in [4.78, 5) is 0. The molecule has 0 aliphatic carbocycles. The minimum absolute atomic E-state index is 0.0411. The van der Waals surface area contributed by atoms with Gasteiger partial charge in [-0.15, -0.1) is 0 Å². The third-order valence-corrected chi connectivity index (χ3v) is 2.57. The van der Waals surface area contributed by atoms with Crippen molar-refractivity contribution < 1.29 is 13.5 Å². The molecule has 2 nitrogen and oxygen atoms in total. The number of halogens is 3. The van der Waals surface area contributed by atoms with Crippen molar-refractivity contribution in [2.24, 2.45) is 0 Å². The van der Waals surface area contributed by atoms with Crippen LogP contribution in [0.4, 0.5) is 14.5 Å². The number of ether oxygens (including phenoxy) is 1. The largest absolute Gasteiger partial charge is 0.455 e. The quantitative estimate of drug-likeness (QED) is 0.847. The average molecular weight is 300 g/mol. The molecular formula is C12H8BrF2NO. The second-order valence-electron chi connectivity index (χ2n) is 3.36. The van der Waals surface area contributed by atoms with Crippen LogP contribution in [0.3, 0.4) is 0 Å². The molecule has 0 saturated carbocycles. The Bertz CT molecular complexity index is 560. The SMILES string of the molecule is Nc1c(F)cc(F)cc1Oc1cccc(Br)c1. The lowest BCUT2D eigenvalue weighted by atomic mass is 10.2. The van der Waals surface area contributed by atoms with Crippen molar-refractivity contribution in [3.05, 3.63) is 52.5 Å². The predicted molar refractivity (Wildman–Crippen MR) is 65.0 cm³/mol. The highest BCUT2D eigenvalue weighted by Gasteiger charge is 2.10. The third kappa shape index (κ3) is 2.74. The molecule has 5 heteroatoms. The van der Waals surface area contributed by atoms with Gasteiger partial charge < -0.3 is 10.5 Å². The fourth-order valence-corrected chi connectivity index (χ4v) is 1.68. The molecule has 0 spiro atoms. The average Bonchev–Trinajstić information content (AvgIpc) is 2.25. The van der Waals surface area contributed by atoms with Crippen LogP contribution >= 0.6 is 15.9 Å². The Morgan fingerprint density at radius 2 is 1.88 bits per heavy atom. The summed E-state index contributed by atoms with van der Waals surface area (Å²) < 4.78 is 32.3. The van der Waals surface area contributed by atoms with E-state index < -0.39 is 11.6 Å². The topological polar surface area (TPSA) is 35.2 Å². The highest BCUT2D eigenvalue weighted by Crippen LogP contribution is 2.31. The van der Waals surface area contributed by atoms with E-state index in [9.17, 15) is 8.78 Å². The molecule has 0 fully saturated rings. The van der Waals surface area contributed by atoms with Crippen LogP contribution in [0, 0.1) is 11.6 Å². The number of hydrogen-bond acceptors (Lipinski definition) is 2. The van der Waals surface area contributed by atoms with E-state index in [4.69, 9.17) is 10.5 Å². The van der Waals surface area contributed by atoms with E-state index in [1.54, 1.807) is 18.2 Å². The standard InChI is InChI=1S/C12H8BrF2NO/c13-7-2-1-3-9(4-7)17-11-6-8(14)5-10(15)12(11)16/h1-6H,16H2. The van der Waals surface area contributed by atoms with Gasteiger partial charge in [0.2, 0.25) is 0 Å². The molecule has 0 amide bonds. The van der Waals surface area contributed by atoms with Crippen molar-refractivity contribution in [2.75, 3.05) is 5.73 Å². The third-order valence-electron chi connectivity index (χ3n) is 2.08. The maximum Gasteiger partial charge on any atom is 0.156 e. The van der Waals surface area contributed by atoms with E-state index in [2.05, 4.69) is 15.9 Å². The molecule has 0 atom stereocenters. The Hall–Kier alpha value is -1.62. The van der Waals surface area contributed by atoms with Gasteiger partial charge in [-0.25, -0.2) is 8.78 Å². The van der Waals surface area contributed by atoms with Crippen LogP contribution in [-0.4, -0.2) is 0 Å². The Balaban J connectivity index is 2.36. The number of hydrogen-bond donors (Lipinski definition) is 1. The minimum Gasteiger partial charge on any atom is -0.455 e. The number of nitrogens with two attached hydrogens (primary N) is 1. The first-order valence-electron chi connectivity index (χ1n) is 4.74. The maximum absolute atomic E-state index is 13.2. The van der Waals surface area contributed by atoms with E-state index in [0.29, 0.717) is 11.8 Å². The van der Waals surface area contributed by atoms with Gasteiger partial charge in [0.1, 0.15) is 17.3 Å². The van der Waals surface area contributed by atoms with Gasteiger partial charge >= 0.3 is 0 Å². The molecule has 0 aliphatic heterocycles. The van der Waals surface area contributed by atoms with Crippen LogP contribution in [0.1, 0.15) is 0 Å². The fraction of sp³-hybridized carbons (Fsp3) is 0. The van der Waals surface area contributed by atoms with E-state index >= 15 is 0 Å². The highest BCUT2D eigenvalue weighted by molar-refractivity contribution is 9.10. The summed E-state index contributed by atoms with van der Waals surface area (Å²) in [5.74, 6) is -1.17. The summed E-state index contributed by atoms with van der Waals surface area (Å²) in [6.45, 7) is 0. The van der Waals surface area contributed by atoms with E-state index in [1.807, 2.05) is 6.07 Å². The Labute approximate surface area is 105 Å². The van der Waals surface area contributed by atoms with Crippen molar-refractivity contribution in [1.29, 1.82) is 0 Å². The molecule has 0 radical (unpaired) electrons. The van der Waals surface area contributed by atoms with Crippen LogP contribution < -0.4 is 10.5 Å². The zero-order valence-electron chi connectivity index (χ0n) is 8.58. The molecule has 2 aromatic rings. The first-order chi connectivity index (χ1) is 8.06. The van der Waals surface area contributed by atoms with Crippen molar-refractivity contribution >= 4 is 21.6 Å². The van der Waals surface area contributed by atoms with Crippen LogP contribution in [0.5, 0.6) is 11.5 Å². The first kappa shape index (κ1) is 11.9. The molecule has 0 unspecified atom stereocenters. The zero-order chi connectivity index (χ0) is 12.4. The molecule has 0 heterocycles. The molecular weight excluding hydrogens is 292 g/mol. The summed E-state index contributed by atoms with van der Waals surface area (Å²) in [7, 11) is 0. The summed E-state index contributed by atoms with van der Waals surface area (Å²) in [6.07, 6.45) is 0. The molecule has 2 rings (SSSR count). The fourth-order valence-electron chi connectivity index (χ4n) is 1.30. The lowest BCUT2D eigenvalue weighted by molar-refractivity contribution is 0.472. The van der Waals surface area contributed by atoms with Gasteiger partial charge in [0.15, 0.2) is 11.6 Å². The van der Waals surface area contributed by atoms with Gasteiger partial charge in [-0.2, -0.15) is 0 Å². The van der Waals surface area contributed by atoms with E-state index in [1.165, 1.54) is 0 Å². The van der Waals surface area contributed by atoms with Crippen molar-refractivity contribution in [2.45, 2.75) is 0 Å². The Kier molecular flexibility index (Phi) is 3.28. The molecule has 88 valence electrons. The first-order valence-corrected chi connectivity index (χ1v) is 5.53. The normalized spacial score (nSPS) is 10.3. The van der Waals surface area contributed by atoms with Gasteiger partial charge in [-0.1, -0.05) is 22.0 Å². The lowest BCUT2D eigenvalue weighted by Gasteiger charge is -2.09. The molecule has 0 bridgehead atoms. The number of benzene rings is 2. The van der Waals surface area contributed by atoms with E-state index in [-0.39, 0.29) is 11.4 Å². The summed E-state index contributed by atoms with van der Waals surface area (Å²) >= 11 is 3.26. The number of anilines is 1. The second-order valence-corrected chi connectivity index (χ2v) is 4.27. The van der Waals surface area contributed by atoms with Gasteiger partial charge in [0.05, 0.1) is 0 Å². The number of nitrogen functional groups attached to an aromatic ring is 1. The van der Waals surface area contributed by atoms with Crippen LogP contribution in [0.2, 0.25) is 0 Å². The molecule has 0 aliphatic rings. The van der Waals surface area contributed by atoms with Gasteiger partial charge in [0.25, 0.3) is 0 Å². The zero-order valence-corrected chi connectivity index (χ0v) is 10.2. The van der Waals surface area contributed by atoms with Crippen LogP contribution in [0.15, 0.2) is 40.9 Å². The Morgan fingerprint density at radius 1 is 1.12 bits per heavy atom. The molecule has 2 N–H and O–H groups in total. The van der Waals surface area contributed by atoms with Crippen molar-refractivity contribution in [3.8, 4) is 11.5 Å². The molecule has 0 aromatic heterocycles. The van der Waals surface area contributed by atoms with Gasteiger partial charge in [-0.3, -0.25) is 0 Å². The van der Waals surface area contributed by atoms with Gasteiger partial charge in [0, 0.05) is 16.6 Å². The van der Waals surface area contributed by atoms with Crippen molar-refractivity contribution in [1.82, 2.24) is 0 Å². The highest BCUT2D eigenvalue weighted by atomic mass is 79.9. The van der Waals surface area contributed by atoms with Crippen LogP contribution in [0.25, 0.3) is 0 Å². The van der Waals surface area contributed by atoms with Crippen molar-refractivity contribution in [3.63, 3.8) is 0 Å². The summed E-state index contributed by atoms with van der Waals surface area (Å²) in [6, 6.07) is 8.63. The summed E-state index contributed by atoms with van der Waals surface area (Å²) in [5.41, 5.74) is 5.24. The predicted octanol–water partition coefficient (Wildman–Crippen LogP) is 4.10. The van der Waals surface area contributed by atoms with Gasteiger partial charge in [-0.05, 0) is 18.2 Å². The lowest BCUT2D eigenvalue weighted by Crippen LogP contribution is -1.97. The molecule has 17 heavy (non-hydrogen) atoms. The smallest absolute Gasteiger partial charge is 0.156 e. The van der Waals surface area contributed by atoms with E-state index in [0.717, 1.165) is 10.5 Å². The van der Waals surface area contributed by atoms with Crippen LogP contribution in [-0.2, 0) is 0 Å². The maximum atomic E-state index is 13.2.